The molecule has 0 aliphatic heterocycles. The van der Waals surface area contributed by atoms with Gasteiger partial charge in [-0.15, -0.1) is 6.58 Å². The molecule has 0 aliphatic carbocycles. The Labute approximate surface area is 142 Å². The standard InChI is InChI=1S/C19H21N3O2/c1-2-18(23-14-16-9-5-3-6-10-16)19(13-21-22-20)24-15-17-11-7-4-8-12-17/h2-12,18-19H,1,13-15H2/t18-,19?/m1/s1. The summed E-state index contributed by atoms with van der Waals surface area (Å²) in [6.45, 7) is 4.87. The number of ether oxygens (including phenoxy) is 2. The van der Waals surface area contributed by atoms with Gasteiger partial charge in [-0.1, -0.05) is 71.9 Å². The molecule has 0 radical (unpaired) electrons. The van der Waals surface area contributed by atoms with Crippen molar-refractivity contribution in [1.82, 2.24) is 0 Å². The highest BCUT2D eigenvalue weighted by Gasteiger charge is 2.20. The summed E-state index contributed by atoms with van der Waals surface area (Å²) in [7, 11) is 0. The molecule has 0 fully saturated rings. The summed E-state index contributed by atoms with van der Waals surface area (Å²) in [5.74, 6) is 0. The Balaban J connectivity index is 1.97. The third kappa shape index (κ3) is 5.89. The van der Waals surface area contributed by atoms with Crippen LogP contribution in [0.1, 0.15) is 11.1 Å². The summed E-state index contributed by atoms with van der Waals surface area (Å²) in [6.07, 6.45) is 0.938. The molecular formula is C19H21N3O2. The number of hydrogen-bond acceptors (Lipinski definition) is 3. The van der Waals surface area contributed by atoms with Gasteiger partial charge in [0.25, 0.3) is 0 Å². The van der Waals surface area contributed by atoms with E-state index in [-0.39, 0.29) is 18.8 Å². The maximum atomic E-state index is 8.60. The Hall–Kier alpha value is -2.59. The second-order valence-electron chi connectivity index (χ2n) is 5.25. The fourth-order valence-electron chi connectivity index (χ4n) is 2.24. The normalized spacial score (nSPS) is 12.8. The fraction of sp³-hybridized carbons (Fsp3) is 0.263. The molecule has 0 N–H and O–H groups in total. The van der Waals surface area contributed by atoms with Crippen LogP contribution in [0.25, 0.3) is 10.4 Å². The van der Waals surface area contributed by atoms with Gasteiger partial charge >= 0.3 is 0 Å². The van der Waals surface area contributed by atoms with E-state index < -0.39 is 0 Å². The van der Waals surface area contributed by atoms with E-state index in [1.165, 1.54) is 0 Å². The number of rotatable bonds is 10. The van der Waals surface area contributed by atoms with Gasteiger partial charge in [0.05, 0.1) is 25.9 Å². The predicted molar refractivity (Wildman–Crippen MR) is 94.2 cm³/mol. The molecule has 0 aromatic heterocycles. The van der Waals surface area contributed by atoms with Crippen LogP contribution in [-0.4, -0.2) is 18.8 Å². The van der Waals surface area contributed by atoms with Gasteiger partial charge in [0.15, 0.2) is 0 Å². The smallest absolute Gasteiger partial charge is 0.102 e. The van der Waals surface area contributed by atoms with Crippen molar-refractivity contribution in [3.05, 3.63) is 94.9 Å². The summed E-state index contributed by atoms with van der Waals surface area (Å²) in [5.41, 5.74) is 10.7. The summed E-state index contributed by atoms with van der Waals surface area (Å²) < 4.78 is 11.8. The molecule has 5 nitrogen and oxygen atoms in total. The zero-order valence-electron chi connectivity index (χ0n) is 13.5. The second-order valence-corrected chi connectivity index (χ2v) is 5.25. The lowest BCUT2D eigenvalue weighted by Gasteiger charge is -2.24. The zero-order chi connectivity index (χ0) is 17.0. The van der Waals surface area contributed by atoms with Gasteiger partial charge in [-0.25, -0.2) is 0 Å². The van der Waals surface area contributed by atoms with Crippen LogP contribution in [0, 0.1) is 0 Å². The van der Waals surface area contributed by atoms with Crippen molar-refractivity contribution < 1.29 is 9.47 Å². The van der Waals surface area contributed by atoms with E-state index in [4.69, 9.17) is 15.0 Å². The second kappa shape index (κ2) is 10.2. The molecule has 2 atom stereocenters. The molecule has 2 aromatic rings. The Kier molecular flexibility index (Phi) is 7.57. The molecule has 0 aliphatic rings. The number of azide groups is 1. The van der Waals surface area contributed by atoms with E-state index in [1.807, 2.05) is 60.7 Å². The first-order valence-electron chi connectivity index (χ1n) is 7.78. The lowest BCUT2D eigenvalue weighted by atomic mass is 10.2. The highest BCUT2D eigenvalue weighted by molar-refractivity contribution is 5.14. The highest BCUT2D eigenvalue weighted by Crippen LogP contribution is 2.13. The van der Waals surface area contributed by atoms with Crippen molar-refractivity contribution in [3.8, 4) is 0 Å². The number of benzene rings is 2. The molecular weight excluding hydrogens is 302 g/mol. The minimum absolute atomic E-state index is 0.189. The quantitative estimate of drug-likeness (QED) is 0.276. The first-order chi connectivity index (χ1) is 11.8. The van der Waals surface area contributed by atoms with Crippen LogP contribution in [0.2, 0.25) is 0 Å². The minimum atomic E-state index is -0.387. The van der Waals surface area contributed by atoms with Crippen LogP contribution in [0.4, 0.5) is 0 Å². The summed E-state index contributed by atoms with van der Waals surface area (Å²) in [4.78, 5) is 2.82. The van der Waals surface area contributed by atoms with Crippen molar-refractivity contribution in [2.75, 3.05) is 6.54 Å². The van der Waals surface area contributed by atoms with Crippen LogP contribution in [-0.2, 0) is 22.7 Å². The lowest BCUT2D eigenvalue weighted by molar-refractivity contribution is -0.0596. The Morgan fingerprint density at radius 2 is 1.50 bits per heavy atom. The third-order valence-corrected chi connectivity index (χ3v) is 3.52. The molecule has 2 aromatic carbocycles. The van der Waals surface area contributed by atoms with Crippen molar-refractivity contribution in [2.24, 2.45) is 5.11 Å². The summed E-state index contributed by atoms with van der Waals surface area (Å²) >= 11 is 0. The molecule has 1 unspecified atom stereocenters. The molecule has 0 amide bonds. The first-order valence-corrected chi connectivity index (χ1v) is 7.78. The average Bonchev–Trinajstić information content (AvgIpc) is 2.65. The van der Waals surface area contributed by atoms with Crippen LogP contribution in [0.5, 0.6) is 0 Å². The predicted octanol–water partition coefficient (Wildman–Crippen LogP) is 4.65. The molecule has 24 heavy (non-hydrogen) atoms. The van der Waals surface area contributed by atoms with Gasteiger partial charge in [0, 0.05) is 4.91 Å². The first kappa shape index (κ1) is 17.8. The van der Waals surface area contributed by atoms with E-state index >= 15 is 0 Å². The van der Waals surface area contributed by atoms with E-state index in [0.29, 0.717) is 13.2 Å². The average molecular weight is 323 g/mol. The SMILES string of the molecule is C=C[C@@H](OCc1ccccc1)C(CN=[N+]=[N-])OCc1ccccc1. The molecule has 0 saturated carbocycles. The summed E-state index contributed by atoms with van der Waals surface area (Å²) in [6, 6.07) is 19.7. The number of hydrogen-bond donors (Lipinski definition) is 0. The van der Waals surface area contributed by atoms with Crippen LogP contribution in [0.3, 0.4) is 0 Å². The molecule has 0 saturated heterocycles. The van der Waals surface area contributed by atoms with E-state index in [2.05, 4.69) is 16.6 Å². The van der Waals surface area contributed by atoms with Gasteiger partial charge in [-0.05, 0) is 16.7 Å². The summed E-state index contributed by atoms with van der Waals surface area (Å²) in [5, 5.41) is 3.64. The van der Waals surface area contributed by atoms with Crippen molar-refractivity contribution >= 4 is 0 Å². The van der Waals surface area contributed by atoms with Crippen LogP contribution in [0.15, 0.2) is 78.4 Å². The van der Waals surface area contributed by atoms with Gasteiger partial charge in [0.2, 0.25) is 0 Å². The molecule has 5 heteroatoms. The Morgan fingerprint density at radius 3 is 2.00 bits per heavy atom. The van der Waals surface area contributed by atoms with Crippen LogP contribution < -0.4 is 0 Å². The Morgan fingerprint density at radius 1 is 0.958 bits per heavy atom. The third-order valence-electron chi connectivity index (χ3n) is 3.52. The van der Waals surface area contributed by atoms with Crippen molar-refractivity contribution in [2.45, 2.75) is 25.4 Å². The molecule has 0 spiro atoms. The van der Waals surface area contributed by atoms with E-state index in [9.17, 15) is 0 Å². The maximum Gasteiger partial charge on any atom is 0.102 e. The lowest BCUT2D eigenvalue weighted by Crippen LogP contribution is -2.32. The molecule has 2 rings (SSSR count). The fourth-order valence-corrected chi connectivity index (χ4v) is 2.24. The van der Waals surface area contributed by atoms with Gasteiger partial charge in [-0.3, -0.25) is 0 Å². The van der Waals surface area contributed by atoms with Crippen molar-refractivity contribution in [1.29, 1.82) is 0 Å². The topological polar surface area (TPSA) is 67.2 Å². The molecule has 0 bridgehead atoms. The van der Waals surface area contributed by atoms with Crippen LogP contribution >= 0.6 is 0 Å². The molecule has 0 heterocycles. The highest BCUT2D eigenvalue weighted by atomic mass is 16.5. The van der Waals surface area contributed by atoms with Gasteiger partial charge in [-0.2, -0.15) is 0 Å². The minimum Gasteiger partial charge on any atom is -0.370 e. The van der Waals surface area contributed by atoms with Gasteiger partial charge in [0.1, 0.15) is 6.10 Å². The molecule has 124 valence electrons. The monoisotopic (exact) mass is 323 g/mol. The maximum absolute atomic E-state index is 8.60. The largest absolute Gasteiger partial charge is 0.370 e. The van der Waals surface area contributed by atoms with E-state index in [1.54, 1.807) is 6.08 Å². The number of nitrogens with zero attached hydrogens (tertiary/aromatic N) is 3. The Bertz CT molecular complexity index is 655. The van der Waals surface area contributed by atoms with E-state index in [0.717, 1.165) is 11.1 Å². The van der Waals surface area contributed by atoms with Crippen molar-refractivity contribution in [3.63, 3.8) is 0 Å². The zero-order valence-corrected chi connectivity index (χ0v) is 13.5. The van der Waals surface area contributed by atoms with Gasteiger partial charge < -0.3 is 9.47 Å².